The van der Waals surface area contributed by atoms with Gasteiger partial charge in [-0.2, -0.15) is 0 Å². The van der Waals surface area contributed by atoms with Crippen molar-refractivity contribution in [2.24, 2.45) is 17.8 Å². The summed E-state index contributed by atoms with van der Waals surface area (Å²) < 4.78 is 12.5. The Morgan fingerprint density at radius 3 is 2.20 bits per heavy atom. The molecule has 4 bridgehead atoms. The summed E-state index contributed by atoms with van der Waals surface area (Å²) in [5.41, 5.74) is 1.64. The van der Waals surface area contributed by atoms with E-state index in [1.54, 1.807) is 7.11 Å². The van der Waals surface area contributed by atoms with E-state index in [0.29, 0.717) is 5.54 Å². The lowest BCUT2D eigenvalue weighted by molar-refractivity contribution is -0.0206. The van der Waals surface area contributed by atoms with E-state index in [9.17, 15) is 0 Å². The molecule has 4 heteroatoms. The van der Waals surface area contributed by atoms with E-state index in [1.165, 1.54) is 44.1 Å². The van der Waals surface area contributed by atoms with Crippen LogP contribution in [0.2, 0.25) is 0 Å². The van der Waals surface area contributed by atoms with Crippen LogP contribution >= 0.6 is 15.9 Å². The van der Waals surface area contributed by atoms with Crippen LogP contribution in [-0.4, -0.2) is 18.8 Å². The van der Waals surface area contributed by atoms with Crippen molar-refractivity contribution in [1.29, 1.82) is 0 Å². The van der Waals surface area contributed by atoms with Gasteiger partial charge in [0, 0.05) is 16.6 Å². The van der Waals surface area contributed by atoms with Crippen LogP contribution in [0, 0.1) is 17.8 Å². The zero-order valence-corrected chi connectivity index (χ0v) is 17.2. The van der Waals surface area contributed by atoms with Crippen molar-refractivity contribution in [3.63, 3.8) is 0 Å². The van der Waals surface area contributed by atoms with Gasteiger partial charge in [0.15, 0.2) is 11.5 Å². The van der Waals surface area contributed by atoms with Gasteiger partial charge >= 0.3 is 0 Å². The molecule has 25 heavy (non-hydrogen) atoms. The van der Waals surface area contributed by atoms with Gasteiger partial charge in [0.2, 0.25) is 0 Å². The van der Waals surface area contributed by atoms with Crippen LogP contribution in [0.15, 0.2) is 16.6 Å². The molecule has 138 valence electrons. The first-order valence-electron chi connectivity index (χ1n) is 9.74. The quantitative estimate of drug-likeness (QED) is 0.693. The molecule has 4 fully saturated rings. The summed E-state index contributed by atoms with van der Waals surface area (Å²) in [6.07, 6.45) is 8.73. The molecule has 4 aliphatic carbocycles. The molecule has 1 aromatic rings. The van der Waals surface area contributed by atoms with Crippen LogP contribution < -0.4 is 14.8 Å². The largest absolute Gasteiger partial charge is 0.493 e. The highest BCUT2D eigenvalue weighted by Crippen LogP contribution is 2.55. The highest BCUT2D eigenvalue weighted by atomic mass is 79.9. The van der Waals surface area contributed by atoms with Crippen molar-refractivity contribution >= 4 is 15.9 Å². The highest BCUT2D eigenvalue weighted by Gasteiger charge is 2.50. The first-order valence-corrected chi connectivity index (χ1v) is 10.5. The zero-order chi connectivity index (χ0) is 17.6. The average molecular weight is 408 g/mol. The molecule has 0 amide bonds. The lowest BCUT2D eigenvalue weighted by atomic mass is 9.53. The molecule has 0 aromatic heterocycles. The first kappa shape index (κ1) is 17.7. The van der Waals surface area contributed by atoms with Crippen molar-refractivity contribution in [2.45, 2.75) is 70.6 Å². The molecular weight excluding hydrogens is 378 g/mol. The molecule has 0 unspecified atom stereocenters. The predicted molar refractivity (Wildman–Crippen MR) is 104 cm³/mol. The Balaban J connectivity index is 1.49. The minimum Gasteiger partial charge on any atom is -0.493 e. The van der Waals surface area contributed by atoms with Crippen LogP contribution in [0.4, 0.5) is 0 Å². The van der Waals surface area contributed by atoms with Gasteiger partial charge in [-0.15, -0.1) is 0 Å². The molecule has 4 aliphatic rings. The third-order valence-electron chi connectivity index (χ3n) is 6.39. The fourth-order valence-corrected chi connectivity index (χ4v) is 6.29. The Labute approximate surface area is 160 Å². The zero-order valence-electron chi connectivity index (χ0n) is 15.6. The maximum absolute atomic E-state index is 5.88. The minimum atomic E-state index is 0.136. The molecule has 4 saturated carbocycles. The smallest absolute Gasteiger partial charge is 0.162 e. The van der Waals surface area contributed by atoms with Gasteiger partial charge < -0.3 is 14.8 Å². The van der Waals surface area contributed by atoms with Crippen LogP contribution in [0.1, 0.15) is 57.9 Å². The van der Waals surface area contributed by atoms with E-state index >= 15 is 0 Å². The number of benzene rings is 1. The third kappa shape index (κ3) is 3.57. The standard InChI is InChI=1S/C21H30BrNO2/c1-13(2)25-20-8-18(22)17(7-19(20)24-3)12-23-21-9-14-4-15(10-21)6-16(5-14)11-21/h7-8,13-16,23H,4-6,9-12H2,1-3H3. The molecular formula is C21H30BrNO2. The molecule has 0 saturated heterocycles. The van der Waals surface area contributed by atoms with E-state index in [0.717, 1.165) is 40.3 Å². The summed E-state index contributed by atoms with van der Waals surface area (Å²) in [6, 6.07) is 4.17. The van der Waals surface area contributed by atoms with Crippen LogP contribution in [0.3, 0.4) is 0 Å². The van der Waals surface area contributed by atoms with E-state index in [-0.39, 0.29) is 6.10 Å². The normalized spacial score (nSPS) is 33.1. The van der Waals surface area contributed by atoms with Crippen molar-refractivity contribution in [3.05, 3.63) is 22.2 Å². The average Bonchev–Trinajstić information content (AvgIpc) is 2.52. The molecule has 3 nitrogen and oxygen atoms in total. The Morgan fingerprint density at radius 2 is 1.68 bits per heavy atom. The minimum absolute atomic E-state index is 0.136. The topological polar surface area (TPSA) is 30.5 Å². The van der Waals surface area contributed by atoms with Gasteiger partial charge in [-0.25, -0.2) is 0 Å². The number of halogens is 1. The van der Waals surface area contributed by atoms with Crippen LogP contribution in [-0.2, 0) is 6.54 Å². The highest BCUT2D eigenvalue weighted by molar-refractivity contribution is 9.10. The van der Waals surface area contributed by atoms with Gasteiger partial charge in [-0.1, -0.05) is 15.9 Å². The second-order valence-electron chi connectivity index (χ2n) is 8.81. The molecule has 0 radical (unpaired) electrons. The van der Waals surface area contributed by atoms with Crippen LogP contribution in [0.5, 0.6) is 11.5 Å². The lowest BCUT2D eigenvalue weighted by Crippen LogP contribution is -2.58. The summed E-state index contributed by atoms with van der Waals surface area (Å²) in [7, 11) is 1.71. The number of methoxy groups -OCH3 is 1. The summed E-state index contributed by atoms with van der Waals surface area (Å²) in [5, 5.41) is 3.97. The molecule has 1 aromatic carbocycles. The predicted octanol–water partition coefficient (Wildman–Crippen LogP) is 5.30. The maximum atomic E-state index is 5.88. The molecule has 1 N–H and O–H groups in total. The Morgan fingerprint density at radius 1 is 1.08 bits per heavy atom. The van der Waals surface area contributed by atoms with E-state index in [4.69, 9.17) is 9.47 Å². The van der Waals surface area contributed by atoms with Gasteiger partial charge in [0.05, 0.1) is 13.2 Å². The van der Waals surface area contributed by atoms with Gasteiger partial charge in [-0.05, 0) is 87.8 Å². The summed E-state index contributed by atoms with van der Waals surface area (Å²) in [5.74, 6) is 4.54. The van der Waals surface area contributed by atoms with Crippen LogP contribution in [0.25, 0.3) is 0 Å². The van der Waals surface area contributed by atoms with E-state index in [1.807, 2.05) is 13.8 Å². The third-order valence-corrected chi connectivity index (χ3v) is 7.13. The molecule has 0 atom stereocenters. The monoisotopic (exact) mass is 407 g/mol. The SMILES string of the molecule is COc1cc(CNC23CC4CC(CC(C4)C2)C3)c(Br)cc1OC(C)C. The van der Waals surface area contributed by atoms with E-state index in [2.05, 4.69) is 33.4 Å². The first-order chi connectivity index (χ1) is 12.0. The van der Waals surface area contributed by atoms with Crippen molar-refractivity contribution in [1.82, 2.24) is 5.32 Å². The molecule has 0 spiro atoms. The number of hydrogen-bond donors (Lipinski definition) is 1. The summed E-state index contributed by atoms with van der Waals surface area (Å²) in [4.78, 5) is 0. The second-order valence-corrected chi connectivity index (χ2v) is 9.67. The van der Waals surface area contributed by atoms with Crippen molar-refractivity contribution in [3.8, 4) is 11.5 Å². The molecule has 0 heterocycles. The van der Waals surface area contributed by atoms with Gasteiger partial charge in [0.1, 0.15) is 0 Å². The number of ether oxygens (including phenoxy) is 2. The van der Waals surface area contributed by atoms with Gasteiger partial charge in [0.25, 0.3) is 0 Å². The Bertz CT molecular complexity index is 608. The van der Waals surface area contributed by atoms with Crippen molar-refractivity contribution < 1.29 is 9.47 Å². The maximum Gasteiger partial charge on any atom is 0.162 e. The summed E-state index contributed by atoms with van der Waals surface area (Å²) in [6.45, 7) is 4.97. The molecule has 0 aliphatic heterocycles. The number of hydrogen-bond acceptors (Lipinski definition) is 3. The summed E-state index contributed by atoms with van der Waals surface area (Å²) >= 11 is 3.74. The fraction of sp³-hybridized carbons (Fsp3) is 0.714. The Hall–Kier alpha value is -0.740. The second kappa shape index (κ2) is 6.77. The van der Waals surface area contributed by atoms with Crippen molar-refractivity contribution in [2.75, 3.05) is 7.11 Å². The number of nitrogens with one attached hydrogen (secondary N) is 1. The lowest BCUT2D eigenvalue weighted by Gasteiger charge is -2.57. The fourth-order valence-electron chi connectivity index (χ4n) is 5.83. The molecule has 5 rings (SSSR count). The van der Waals surface area contributed by atoms with E-state index < -0.39 is 0 Å². The van der Waals surface area contributed by atoms with Gasteiger partial charge in [-0.3, -0.25) is 0 Å². The number of rotatable bonds is 6. The Kier molecular flexibility index (Phi) is 4.78.